The molecule has 0 heterocycles. The van der Waals surface area contributed by atoms with Crippen LogP contribution in [0.25, 0.3) is 0 Å². The summed E-state index contributed by atoms with van der Waals surface area (Å²) in [5.74, 6) is -2.05. The van der Waals surface area contributed by atoms with Crippen molar-refractivity contribution in [3.05, 3.63) is 0 Å². The number of ketones is 2. The minimum Gasteiger partial charge on any atom is -0.351 e. The first kappa shape index (κ1) is 28.3. The second-order valence-corrected chi connectivity index (χ2v) is 11.0. The van der Waals surface area contributed by atoms with Crippen LogP contribution in [0.15, 0.2) is 0 Å². The highest BCUT2D eigenvalue weighted by Crippen LogP contribution is 2.26. The third-order valence-corrected chi connectivity index (χ3v) is 6.12. The molecule has 2 amide bonds. The zero-order chi connectivity index (χ0) is 24.2. The van der Waals surface area contributed by atoms with Crippen LogP contribution in [0.5, 0.6) is 0 Å². The Balaban J connectivity index is 4.93. The fourth-order valence-electron chi connectivity index (χ4n) is 3.24. The van der Waals surface area contributed by atoms with Crippen molar-refractivity contribution in [3.63, 3.8) is 0 Å². The molecular formula is C24H44N2O4. The largest absolute Gasteiger partial charge is 0.351 e. The number of nitrogens with one attached hydrogen (secondary N) is 2. The molecule has 0 saturated carbocycles. The van der Waals surface area contributed by atoms with Gasteiger partial charge in [0.15, 0.2) is 0 Å². The molecule has 0 aliphatic rings. The van der Waals surface area contributed by atoms with Gasteiger partial charge in [-0.3, -0.25) is 19.2 Å². The standard InChI is InChI=1S/C24H44N2O4/c1-13(19(27)23(7,8)9)15(3)21(29)25-17(5)18(6)26-22(30)16(4)14(2)20(28)24(10,11)12/h13-18H,1-12H3,(H,25,29)(H,26,30). The highest BCUT2D eigenvalue weighted by atomic mass is 16.2. The molecule has 2 N–H and O–H groups in total. The lowest BCUT2D eigenvalue weighted by Crippen LogP contribution is -2.52. The van der Waals surface area contributed by atoms with E-state index in [-0.39, 0.29) is 35.5 Å². The second kappa shape index (κ2) is 10.5. The molecule has 0 aromatic carbocycles. The Labute approximate surface area is 183 Å². The summed E-state index contributed by atoms with van der Waals surface area (Å²) >= 11 is 0. The maximum Gasteiger partial charge on any atom is 0.223 e. The van der Waals surface area contributed by atoms with Gasteiger partial charge in [-0.1, -0.05) is 69.2 Å². The lowest BCUT2D eigenvalue weighted by atomic mass is 9.78. The SMILES string of the molecule is CC(NC(=O)C(C)C(C)C(=O)C(C)(C)C)C(C)NC(=O)C(C)C(C)C(=O)C(C)(C)C. The van der Waals surface area contributed by atoms with E-state index < -0.39 is 34.5 Å². The van der Waals surface area contributed by atoms with Gasteiger partial charge in [-0.25, -0.2) is 0 Å². The zero-order valence-electron chi connectivity index (χ0n) is 21.1. The topological polar surface area (TPSA) is 92.3 Å². The minimum absolute atomic E-state index is 0.0467. The first-order valence-electron chi connectivity index (χ1n) is 11.0. The molecule has 0 bridgehead atoms. The van der Waals surface area contributed by atoms with Crippen LogP contribution in [0.4, 0.5) is 0 Å². The van der Waals surface area contributed by atoms with Crippen molar-refractivity contribution in [3.8, 4) is 0 Å². The van der Waals surface area contributed by atoms with Gasteiger partial charge < -0.3 is 10.6 Å². The number of Topliss-reactive ketones (excluding diaryl/α,β-unsaturated/α-hetero) is 2. The third kappa shape index (κ3) is 7.84. The summed E-state index contributed by atoms with van der Waals surface area (Å²) < 4.78 is 0. The summed E-state index contributed by atoms with van der Waals surface area (Å²) in [6, 6.07) is -0.636. The van der Waals surface area contributed by atoms with E-state index >= 15 is 0 Å². The van der Waals surface area contributed by atoms with E-state index in [1.54, 1.807) is 27.7 Å². The number of rotatable bonds is 9. The van der Waals surface area contributed by atoms with Gasteiger partial charge in [0, 0.05) is 46.6 Å². The number of amides is 2. The van der Waals surface area contributed by atoms with Gasteiger partial charge in [0.25, 0.3) is 0 Å². The molecule has 6 nitrogen and oxygen atoms in total. The predicted octanol–water partition coefficient (Wildman–Crippen LogP) is 3.77. The molecular weight excluding hydrogens is 380 g/mol. The van der Waals surface area contributed by atoms with Crippen molar-refractivity contribution in [1.29, 1.82) is 0 Å². The van der Waals surface area contributed by atoms with Crippen LogP contribution in [0.1, 0.15) is 83.1 Å². The lowest BCUT2D eigenvalue weighted by Gasteiger charge is -2.30. The molecule has 0 aromatic heterocycles. The zero-order valence-corrected chi connectivity index (χ0v) is 21.1. The Morgan fingerprint density at radius 2 is 0.733 bits per heavy atom. The van der Waals surface area contributed by atoms with Crippen molar-refractivity contribution >= 4 is 23.4 Å². The van der Waals surface area contributed by atoms with E-state index in [0.717, 1.165) is 0 Å². The van der Waals surface area contributed by atoms with Crippen LogP contribution in [0, 0.1) is 34.5 Å². The highest BCUT2D eigenvalue weighted by molar-refractivity contribution is 5.92. The van der Waals surface area contributed by atoms with Crippen molar-refractivity contribution in [2.24, 2.45) is 34.5 Å². The maximum atomic E-state index is 12.6. The average Bonchev–Trinajstić information content (AvgIpc) is 2.62. The van der Waals surface area contributed by atoms with Gasteiger partial charge in [-0.05, 0) is 13.8 Å². The fraction of sp³-hybridized carbons (Fsp3) is 0.833. The van der Waals surface area contributed by atoms with Crippen molar-refractivity contribution in [2.45, 2.75) is 95.2 Å². The van der Waals surface area contributed by atoms with Crippen LogP contribution in [-0.4, -0.2) is 35.5 Å². The molecule has 6 heteroatoms. The first-order valence-corrected chi connectivity index (χ1v) is 11.0. The summed E-state index contributed by atoms with van der Waals surface area (Å²) in [5.41, 5.74) is -1.00. The summed E-state index contributed by atoms with van der Waals surface area (Å²) in [6.45, 7) is 21.8. The normalized spacial score (nSPS) is 18.4. The molecule has 30 heavy (non-hydrogen) atoms. The Bertz CT molecular complexity index is 587. The van der Waals surface area contributed by atoms with Crippen LogP contribution in [-0.2, 0) is 19.2 Å². The summed E-state index contributed by atoms with van der Waals surface area (Å²) in [4.78, 5) is 50.2. The molecule has 0 radical (unpaired) electrons. The highest BCUT2D eigenvalue weighted by Gasteiger charge is 2.35. The number of carbonyl (C=O) groups excluding carboxylic acids is 4. The van der Waals surface area contributed by atoms with E-state index in [1.165, 1.54) is 0 Å². The second-order valence-electron chi connectivity index (χ2n) is 11.0. The molecule has 0 saturated heterocycles. The van der Waals surface area contributed by atoms with Gasteiger partial charge in [0.1, 0.15) is 11.6 Å². The van der Waals surface area contributed by atoms with Gasteiger partial charge in [0.05, 0.1) is 0 Å². The summed E-state index contributed by atoms with van der Waals surface area (Å²) in [6.07, 6.45) is 0. The van der Waals surface area contributed by atoms with E-state index in [4.69, 9.17) is 0 Å². The molecule has 0 fully saturated rings. The van der Waals surface area contributed by atoms with Gasteiger partial charge in [0.2, 0.25) is 11.8 Å². The Kier molecular flexibility index (Phi) is 9.94. The van der Waals surface area contributed by atoms with Gasteiger partial charge in [-0.2, -0.15) is 0 Å². The molecule has 6 unspecified atom stereocenters. The monoisotopic (exact) mass is 424 g/mol. The Hall–Kier alpha value is -1.72. The Morgan fingerprint density at radius 1 is 0.500 bits per heavy atom. The summed E-state index contributed by atoms with van der Waals surface area (Å²) in [5, 5.41) is 5.83. The lowest BCUT2D eigenvalue weighted by molar-refractivity contribution is -0.138. The van der Waals surface area contributed by atoms with Gasteiger partial charge in [-0.15, -0.1) is 0 Å². The minimum atomic E-state index is -0.502. The Morgan fingerprint density at radius 3 is 0.933 bits per heavy atom. The molecule has 0 aromatic rings. The van der Waals surface area contributed by atoms with E-state index in [2.05, 4.69) is 10.6 Å². The smallest absolute Gasteiger partial charge is 0.223 e. The fourth-order valence-corrected chi connectivity index (χ4v) is 3.24. The molecule has 0 aliphatic heterocycles. The molecule has 174 valence electrons. The van der Waals surface area contributed by atoms with Crippen LogP contribution < -0.4 is 10.6 Å². The average molecular weight is 425 g/mol. The molecule has 0 spiro atoms. The van der Waals surface area contributed by atoms with Crippen molar-refractivity contribution in [2.75, 3.05) is 0 Å². The number of hydrogen-bond acceptors (Lipinski definition) is 4. The van der Waals surface area contributed by atoms with Crippen LogP contribution in [0.3, 0.4) is 0 Å². The van der Waals surface area contributed by atoms with E-state index in [1.807, 2.05) is 55.4 Å². The first-order chi connectivity index (χ1) is 13.3. The van der Waals surface area contributed by atoms with Crippen molar-refractivity contribution in [1.82, 2.24) is 10.6 Å². The van der Waals surface area contributed by atoms with E-state index in [0.29, 0.717) is 0 Å². The predicted molar refractivity (Wildman–Crippen MR) is 121 cm³/mol. The van der Waals surface area contributed by atoms with Crippen LogP contribution >= 0.6 is 0 Å². The summed E-state index contributed by atoms with van der Waals surface area (Å²) in [7, 11) is 0. The quantitative estimate of drug-likeness (QED) is 0.589. The van der Waals surface area contributed by atoms with Crippen LogP contribution in [0.2, 0.25) is 0 Å². The van der Waals surface area contributed by atoms with E-state index in [9.17, 15) is 19.2 Å². The molecule has 6 atom stereocenters. The van der Waals surface area contributed by atoms with Gasteiger partial charge >= 0.3 is 0 Å². The number of hydrogen-bond donors (Lipinski definition) is 2. The third-order valence-electron chi connectivity index (χ3n) is 6.12. The molecule has 0 aliphatic carbocycles. The maximum absolute atomic E-state index is 12.6. The molecule has 0 rings (SSSR count). The number of carbonyl (C=O) groups is 4. The van der Waals surface area contributed by atoms with Crippen molar-refractivity contribution < 1.29 is 19.2 Å².